The smallest absolute Gasteiger partial charge is 0.0972 e. The molecular formula is C12H15N3OS. The maximum atomic E-state index is 10.1. The van der Waals surface area contributed by atoms with Gasteiger partial charge in [0.15, 0.2) is 0 Å². The van der Waals surface area contributed by atoms with E-state index in [4.69, 9.17) is 0 Å². The van der Waals surface area contributed by atoms with Gasteiger partial charge in [0.1, 0.15) is 0 Å². The Morgan fingerprint density at radius 1 is 1.41 bits per heavy atom. The van der Waals surface area contributed by atoms with Crippen molar-refractivity contribution in [2.45, 2.75) is 32.8 Å². The molecule has 0 saturated carbocycles. The summed E-state index contributed by atoms with van der Waals surface area (Å²) in [5.41, 5.74) is 2.90. The molecule has 0 spiro atoms. The van der Waals surface area contributed by atoms with Crippen LogP contribution in [-0.4, -0.2) is 19.7 Å². The summed E-state index contributed by atoms with van der Waals surface area (Å²) in [4.78, 5) is 5.16. The van der Waals surface area contributed by atoms with Gasteiger partial charge in [-0.25, -0.2) is 0 Å². The molecule has 0 bridgehead atoms. The summed E-state index contributed by atoms with van der Waals surface area (Å²) in [6.07, 6.45) is 2.79. The minimum Gasteiger partial charge on any atom is -0.387 e. The number of hydrogen-bond acceptors (Lipinski definition) is 5. The third kappa shape index (κ3) is 2.87. The minimum absolute atomic E-state index is 0.509. The highest BCUT2D eigenvalue weighted by atomic mass is 32.1. The summed E-state index contributed by atoms with van der Waals surface area (Å²) < 4.78 is 3.82. The van der Waals surface area contributed by atoms with E-state index in [1.807, 2.05) is 25.3 Å². The first-order chi connectivity index (χ1) is 8.20. The molecule has 17 heavy (non-hydrogen) atoms. The van der Waals surface area contributed by atoms with Crippen LogP contribution in [-0.2, 0) is 12.8 Å². The molecular weight excluding hydrogens is 234 g/mol. The van der Waals surface area contributed by atoms with E-state index in [1.165, 1.54) is 17.1 Å². The van der Waals surface area contributed by atoms with E-state index in [-0.39, 0.29) is 0 Å². The number of aliphatic hydroxyl groups excluding tert-OH is 1. The van der Waals surface area contributed by atoms with Crippen molar-refractivity contribution in [3.8, 4) is 0 Å². The second kappa shape index (κ2) is 5.33. The van der Waals surface area contributed by atoms with Crippen molar-refractivity contribution in [3.05, 3.63) is 40.2 Å². The van der Waals surface area contributed by atoms with Crippen LogP contribution in [0.15, 0.2) is 18.3 Å². The van der Waals surface area contributed by atoms with E-state index in [0.29, 0.717) is 6.42 Å². The Morgan fingerprint density at radius 2 is 2.24 bits per heavy atom. The van der Waals surface area contributed by atoms with E-state index >= 15 is 0 Å². The predicted molar refractivity (Wildman–Crippen MR) is 66.9 cm³/mol. The van der Waals surface area contributed by atoms with Gasteiger partial charge in [0.25, 0.3) is 0 Å². The Balaban J connectivity index is 2.07. The third-order valence-corrected chi connectivity index (χ3v) is 3.61. The Kier molecular flexibility index (Phi) is 3.81. The van der Waals surface area contributed by atoms with Gasteiger partial charge >= 0.3 is 0 Å². The van der Waals surface area contributed by atoms with Crippen LogP contribution < -0.4 is 0 Å². The van der Waals surface area contributed by atoms with Crippen molar-refractivity contribution in [3.63, 3.8) is 0 Å². The van der Waals surface area contributed by atoms with E-state index in [9.17, 15) is 5.11 Å². The van der Waals surface area contributed by atoms with E-state index in [1.54, 1.807) is 0 Å². The summed E-state index contributed by atoms with van der Waals surface area (Å²) in [5.74, 6) is 0. The fraction of sp³-hybridized carbons (Fsp3) is 0.417. The van der Waals surface area contributed by atoms with Crippen molar-refractivity contribution in [1.29, 1.82) is 0 Å². The topological polar surface area (TPSA) is 58.9 Å². The molecule has 0 fully saturated rings. The van der Waals surface area contributed by atoms with Crippen LogP contribution in [0.5, 0.6) is 0 Å². The molecule has 2 heterocycles. The van der Waals surface area contributed by atoms with Gasteiger partial charge in [-0.05, 0) is 36.5 Å². The van der Waals surface area contributed by atoms with Crippen molar-refractivity contribution in [2.24, 2.45) is 0 Å². The Morgan fingerprint density at radius 3 is 2.76 bits per heavy atom. The highest BCUT2D eigenvalue weighted by Crippen LogP contribution is 2.22. The summed E-state index contributed by atoms with van der Waals surface area (Å²) in [6, 6.07) is 4.01. The standard InChI is InChI=1S/C12H15N3OS/c1-3-9-4-5-10(13-7-9)6-11(16)12-8(2)14-15-17-12/h4-5,7,11,16H,3,6H2,1-2H3. The molecule has 1 atom stereocenters. The molecule has 0 aromatic carbocycles. The van der Waals surface area contributed by atoms with Crippen LogP contribution in [0.3, 0.4) is 0 Å². The minimum atomic E-state index is -0.560. The molecule has 1 unspecified atom stereocenters. The average molecular weight is 249 g/mol. The first-order valence-corrected chi connectivity index (χ1v) is 6.38. The molecule has 0 aliphatic rings. The van der Waals surface area contributed by atoms with E-state index in [2.05, 4.69) is 21.5 Å². The normalized spacial score (nSPS) is 12.6. The SMILES string of the molecule is CCc1ccc(CC(O)c2snnc2C)nc1. The lowest BCUT2D eigenvalue weighted by atomic mass is 10.1. The van der Waals surface area contributed by atoms with E-state index in [0.717, 1.165) is 22.7 Å². The molecule has 0 aliphatic heterocycles. The van der Waals surface area contributed by atoms with Crippen LogP contribution in [0.4, 0.5) is 0 Å². The zero-order valence-electron chi connectivity index (χ0n) is 9.92. The highest BCUT2D eigenvalue weighted by Gasteiger charge is 2.15. The molecule has 90 valence electrons. The van der Waals surface area contributed by atoms with Crippen molar-refractivity contribution < 1.29 is 5.11 Å². The molecule has 0 aliphatic carbocycles. The fourth-order valence-corrected chi connectivity index (χ4v) is 2.25. The lowest BCUT2D eigenvalue weighted by Crippen LogP contribution is -2.03. The number of nitrogens with zero attached hydrogens (tertiary/aromatic N) is 3. The first-order valence-electron chi connectivity index (χ1n) is 5.61. The Bertz CT molecular complexity index is 481. The number of hydrogen-bond donors (Lipinski definition) is 1. The quantitative estimate of drug-likeness (QED) is 0.901. The molecule has 1 N–H and O–H groups in total. The zero-order chi connectivity index (χ0) is 12.3. The number of aryl methyl sites for hydroxylation is 2. The predicted octanol–water partition coefficient (Wildman–Crippen LogP) is 2.08. The lowest BCUT2D eigenvalue weighted by Gasteiger charge is -2.08. The molecule has 2 rings (SSSR count). The van der Waals surface area contributed by atoms with Gasteiger partial charge in [-0.1, -0.05) is 17.5 Å². The van der Waals surface area contributed by atoms with Gasteiger partial charge in [-0.15, -0.1) is 5.10 Å². The molecule has 4 nitrogen and oxygen atoms in total. The van der Waals surface area contributed by atoms with Crippen LogP contribution in [0.25, 0.3) is 0 Å². The Hall–Kier alpha value is -1.33. The van der Waals surface area contributed by atoms with E-state index < -0.39 is 6.10 Å². The monoisotopic (exact) mass is 249 g/mol. The van der Waals surface area contributed by atoms with Crippen molar-refractivity contribution >= 4 is 11.5 Å². The number of pyridine rings is 1. The largest absolute Gasteiger partial charge is 0.387 e. The number of rotatable bonds is 4. The third-order valence-electron chi connectivity index (χ3n) is 2.69. The van der Waals surface area contributed by atoms with Gasteiger partial charge in [0, 0.05) is 18.3 Å². The molecule has 0 saturated heterocycles. The molecule has 2 aromatic rings. The molecule has 2 aromatic heterocycles. The second-order valence-electron chi connectivity index (χ2n) is 3.95. The molecule has 0 amide bonds. The summed E-state index contributed by atoms with van der Waals surface area (Å²) in [6.45, 7) is 3.95. The van der Waals surface area contributed by atoms with Crippen LogP contribution in [0.2, 0.25) is 0 Å². The zero-order valence-corrected chi connectivity index (χ0v) is 10.7. The maximum Gasteiger partial charge on any atom is 0.0972 e. The first kappa shape index (κ1) is 12.1. The van der Waals surface area contributed by atoms with Gasteiger partial charge in [-0.3, -0.25) is 4.98 Å². The second-order valence-corrected chi connectivity index (χ2v) is 4.74. The van der Waals surface area contributed by atoms with Gasteiger partial charge in [-0.2, -0.15) is 0 Å². The van der Waals surface area contributed by atoms with Gasteiger partial charge in [0.2, 0.25) is 0 Å². The number of aliphatic hydroxyl groups is 1. The van der Waals surface area contributed by atoms with Crippen LogP contribution in [0.1, 0.15) is 34.9 Å². The maximum absolute atomic E-state index is 10.1. The summed E-state index contributed by atoms with van der Waals surface area (Å²) in [5, 5.41) is 14.0. The van der Waals surface area contributed by atoms with Crippen LogP contribution >= 0.6 is 11.5 Å². The molecule has 0 radical (unpaired) electrons. The fourth-order valence-electron chi connectivity index (χ4n) is 1.62. The van der Waals surface area contributed by atoms with Crippen molar-refractivity contribution in [1.82, 2.24) is 14.6 Å². The number of aromatic nitrogens is 3. The highest BCUT2D eigenvalue weighted by molar-refractivity contribution is 7.05. The Labute approximate surface area is 105 Å². The summed E-state index contributed by atoms with van der Waals surface area (Å²) >= 11 is 1.25. The average Bonchev–Trinajstić information content (AvgIpc) is 2.76. The van der Waals surface area contributed by atoms with Crippen molar-refractivity contribution in [2.75, 3.05) is 0 Å². The van der Waals surface area contributed by atoms with Gasteiger partial charge < -0.3 is 5.11 Å². The summed E-state index contributed by atoms with van der Waals surface area (Å²) in [7, 11) is 0. The van der Waals surface area contributed by atoms with Gasteiger partial charge in [0.05, 0.1) is 16.7 Å². The van der Waals surface area contributed by atoms with Crippen LogP contribution in [0, 0.1) is 6.92 Å². The molecule has 5 heteroatoms. The lowest BCUT2D eigenvalue weighted by molar-refractivity contribution is 0.180.